The third-order valence-electron chi connectivity index (χ3n) is 19.1. The van der Waals surface area contributed by atoms with Gasteiger partial charge < -0.3 is 33.8 Å². The monoisotopic (exact) mass is 1480 g/mol. The molecule has 0 saturated carbocycles. The van der Waals surface area contributed by atoms with Crippen molar-refractivity contribution >= 4 is 39.5 Å². The van der Waals surface area contributed by atoms with Crippen LogP contribution in [0, 0.1) is 23.7 Å². The second kappa shape index (κ2) is 71.0. The van der Waals surface area contributed by atoms with Crippen molar-refractivity contribution in [2.75, 3.05) is 39.6 Å². The van der Waals surface area contributed by atoms with Crippen molar-refractivity contribution < 1.29 is 80.2 Å². The van der Waals surface area contributed by atoms with Crippen LogP contribution in [0.1, 0.15) is 421 Å². The maximum atomic E-state index is 13.1. The standard InChI is InChI=1S/C82H160O17P2/c1-72(2)58-50-42-34-27-21-15-13-11-9-10-12-14-16-24-30-38-46-54-62-79(84)92-68-77(98-81(86)64-56-48-39-31-25-19-17-22-28-35-43-51-59-73(3)4)70-96-100(88,89)94-66-76(83)67-95-101(90,91)97-71-78(69-93-80(85)63-55-47-41-33-37-45-53-61-75(7)8)99-82(87)65-57-49-40-32-26-20-18-23-29-36-44-52-60-74(5)6/h72-78,83H,9-71H2,1-8H3,(H,88,89)(H,90,91)/t76?,77-,78-/m1/s1. The SMILES string of the molecule is CC(C)CCCCCCCCCCCCCCCCCCCCC(=O)OC[C@H](COP(=O)(O)OCC(O)COP(=O)(O)OC[C@@H](COC(=O)CCCCCCCCCC(C)C)OC(=O)CCCCCCCCCCCCCCC(C)C)OC(=O)CCCCCCCCCCCCCCC(C)C. The summed E-state index contributed by atoms with van der Waals surface area (Å²) >= 11 is 0. The van der Waals surface area contributed by atoms with Gasteiger partial charge in [0.05, 0.1) is 26.4 Å². The second-order valence-electron chi connectivity index (χ2n) is 31.4. The molecule has 0 aliphatic rings. The maximum Gasteiger partial charge on any atom is 0.472 e. The zero-order valence-electron chi connectivity index (χ0n) is 66.5. The number of carbonyl (C=O) groups is 4. The number of hydrogen-bond acceptors (Lipinski definition) is 15. The Morgan fingerprint density at radius 3 is 0.614 bits per heavy atom. The molecular weight excluding hydrogens is 1320 g/mol. The van der Waals surface area contributed by atoms with Crippen LogP contribution in [0.4, 0.5) is 0 Å². The summed E-state index contributed by atoms with van der Waals surface area (Å²) < 4.78 is 68.7. The molecule has 0 aromatic heterocycles. The second-order valence-corrected chi connectivity index (χ2v) is 34.3. The molecule has 0 saturated heterocycles. The molecule has 0 aromatic rings. The number of rotatable bonds is 79. The lowest BCUT2D eigenvalue weighted by molar-refractivity contribution is -0.161. The van der Waals surface area contributed by atoms with Crippen molar-refractivity contribution in [1.29, 1.82) is 0 Å². The van der Waals surface area contributed by atoms with Gasteiger partial charge in [-0.1, -0.05) is 370 Å². The van der Waals surface area contributed by atoms with Gasteiger partial charge in [0.15, 0.2) is 12.2 Å². The Hall–Kier alpha value is -1.94. The van der Waals surface area contributed by atoms with Crippen LogP contribution >= 0.6 is 15.6 Å². The minimum Gasteiger partial charge on any atom is -0.462 e. The number of esters is 4. The smallest absolute Gasteiger partial charge is 0.462 e. The average molecular weight is 1480 g/mol. The molecule has 0 amide bonds. The molecule has 0 aromatic carbocycles. The summed E-state index contributed by atoms with van der Waals surface area (Å²) in [7, 11) is -9.92. The average Bonchev–Trinajstić information content (AvgIpc) is 0.927. The molecule has 3 unspecified atom stereocenters. The summed E-state index contributed by atoms with van der Waals surface area (Å²) in [4.78, 5) is 73.0. The molecule has 19 heteroatoms. The first-order valence-corrected chi connectivity index (χ1v) is 45.2. The highest BCUT2D eigenvalue weighted by atomic mass is 31.2. The fourth-order valence-corrected chi connectivity index (χ4v) is 14.2. The van der Waals surface area contributed by atoms with Crippen LogP contribution in [0.3, 0.4) is 0 Å². The number of hydrogen-bond donors (Lipinski definition) is 3. The molecule has 600 valence electrons. The summed E-state index contributed by atoms with van der Waals surface area (Å²) in [5.74, 6) is 0.968. The van der Waals surface area contributed by atoms with Crippen LogP contribution in [0.2, 0.25) is 0 Å². The van der Waals surface area contributed by atoms with Crippen LogP contribution < -0.4 is 0 Å². The summed E-state index contributed by atoms with van der Waals surface area (Å²) in [5, 5.41) is 10.6. The number of ether oxygens (including phenoxy) is 4. The third kappa shape index (κ3) is 76.1. The first-order chi connectivity index (χ1) is 48.6. The van der Waals surface area contributed by atoms with E-state index in [1.165, 1.54) is 218 Å². The molecule has 0 rings (SSSR count). The van der Waals surface area contributed by atoms with Crippen molar-refractivity contribution in [3.05, 3.63) is 0 Å². The summed E-state index contributed by atoms with van der Waals surface area (Å²) in [6.45, 7) is 14.2. The number of phosphoric acid groups is 2. The molecule has 0 bridgehead atoms. The maximum absolute atomic E-state index is 13.1. The lowest BCUT2D eigenvalue weighted by atomic mass is 10.0. The Morgan fingerprint density at radius 1 is 0.248 bits per heavy atom. The normalized spacial score (nSPS) is 14.0. The van der Waals surface area contributed by atoms with Crippen molar-refractivity contribution in [1.82, 2.24) is 0 Å². The van der Waals surface area contributed by atoms with E-state index >= 15 is 0 Å². The Balaban J connectivity index is 5.21. The Kier molecular flexibility index (Phi) is 69.6. The van der Waals surface area contributed by atoms with E-state index in [0.717, 1.165) is 114 Å². The van der Waals surface area contributed by atoms with Gasteiger partial charge in [0.25, 0.3) is 0 Å². The lowest BCUT2D eigenvalue weighted by Gasteiger charge is -2.21. The summed E-state index contributed by atoms with van der Waals surface area (Å²) in [6.07, 6.45) is 58.4. The zero-order valence-corrected chi connectivity index (χ0v) is 68.3. The number of unbranched alkanes of at least 4 members (excludes halogenated alkanes) is 45. The van der Waals surface area contributed by atoms with E-state index in [0.29, 0.717) is 31.6 Å². The highest BCUT2D eigenvalue weighted by Gasteiger charge is 2.30. The first kappa shape index (κ1) is 99.1. The van der Waals surface area contributed by atoms with Gasteiger partial charge in [-0.25, -0.2) is 9.13 Å². The van der Waals surface area contributed by atoms with Crippen molar-refractivity contribution in [2.24, 2.45) is 23.7 Å². The molecular formula is C82H160O17P2. The molecule has 0 aliphatic heterocycles. The zero-order chi connectivity index (χ0) is 74.6. The van der Waals surface area contributed by atoms with Crippen molar-refractivity contribution in [3.63, 3.8) is 0 Å². The Labute approximate surface area is 619 Å². The topological polar surface area (TPSA) is 237 Å². The van der Waals surface area contributed by atoms with Crippen molar-refractivity contribution in [2.45, 2.75) is 440 Å². The fourth-order valence-electron chi connectivity index (χ4n) is 12.6. The fraction of sp³-hybridized carbons (Fsp3) is 0.951. The molecule has 17 nitrogen and oxygen atoms in total. The van der Waals surface area contributed by atoms with Gasteiger partial charge in [-0.15, -0.1) is 0 Å². The van der Waals surface area contributed by atoms with Gasteiger partial charge in [0.2, 0.25) is 0 Å². The quantitative estimate of drug-likeness (QED) is 0.0222. The van der Waals surface area contributed by atoms with Gasteiger partial charge in [-0.05, 0) is 49.4 Å². The van der Waals surface area contributed by atoms with Crippen LogP contribution in [0.25, 0.3) is 0 Å². The van der Waals surface area contributed by atoms with Gasteiger partial charge in [-0.3, -0.25) is 37.3 Å². The highest BCUT2D eigenvalue weighted by molar-refractivity contribution is 7.47. The Morgan fingerprint density at radius 2 is 0.416 bits per heavy atom. The van der Waals surface area contributed by atoms with E-state index in [9.17, 15) is 43.2 Å². The molecule has 0 radical (unpaired) electrons. The molecule has 0 heterocycles. The van der Waals surface area contributed by atoms with Crippen LogP contribution in [0.5, 0.6) is 0 Å². The Bertz CT molecular complexity index is 1970. The third-order valence-corrected chi connectivity index (χ3v) is 21.0. The summed E-state index contributed by atoms with van der Waals surface area (Å²) in [5.41, 5.74) is 0. The van der Waals surface area contributed by atoms with E-state index in [4.69, 9.17) is 37.0 Å². The first-order valence-electron chi connectivity index (χ1n) is 42.2. The van der Waals surface area contributed by atoms with Crippen LogP contribution in [-0.2, 0) is 65.4 Å². The predicted molar refractivity (Wildman–Crippen MR) is 414 cm³/mol. The summed E-state index contributed by atoms with van der Waals surface area (Å²) in [6, 6.07) is 0. The minimum atomic E-state index is -4.96. The predicted octanol–water partition coefficient (Wildman–Crippen LogP) is 24.4. The van der Waals surface area contributed by atoms with Gasteiger partial charge in [0, 0.05) is 25.7 Å². The molecule has 101 heavy (non-hydrogen) atoms. The van der Waals surface area contributed by atoms with Gasteiger partial charge in [-0.2, -0.15) is 0 Å². The molecule has 5 atom stereocenters. The van der Waals surface area contributed by atoms with E-state index in [1.54, 1.807) is 0 Å². The van der Waals surface area contributed by atoms with Gasteiger partial charge in [0.1, 0.15) is 19.3 Å². The number of aliphatic hydroxyl groups is 1. The number of aliphatic hydroxyl groups excluding tert-OH is 1. The number of carbonyl (C=O) groups excluding carboxylic acids is 4. The van der Waals surface area contributed by atoms with Gasteiger partial charge >= 0.3 is 39.5 Å². The van der Waals surface area contributed by atoms with Crippen LogP contribution in [-0.4, -0.2) is 96.7 Å². The number of phosphoric ester groups is 2. The molecule has 0 fully saturated rings. The highest BCUT2D eigenvalue weighted by Crippen LogP contribution is 2.45. The van der Waals surface area contributed by atoms with E-state index in [1.807, 2.05) is 0 Å². The molecule has 0 aliphatic carbocycles. The van der Waals surface area contributed by atoms with E-state index in [2.05, 4.69) is 55.4 Å². The van der Waals surface area contributed by atoms with Crippen LogP contribution in [0.15, 0.2) is 0 Å². The molecule has 3 N–H and O–H groups in total. The minimum absolute atomic E-state index is 0.106. The largest absolute Gasteiger partial charge is 0.472 e. The lowest BCUT2D eigenvalue weighted by Crippen LogP contribution is -2.30. The van der Waals surface area contributed by atoms with Crippen molar-refractivity contribution in [3.8, 4) is 0 Å². The van der Waals surface area contributed by atoms with E-state index < -0.39 is 97.5 Å². The molecule has 0 spiro atoms. The van der Waals surface area contributed by atoms with E-state index in [-0.39, 0.29) is 25.7 Å².